The molecule has 0 bridgehead atoms. The SMILES string of the molecule is COc1cc(C)ccc1CNC(=O)CC1COCCN1.Cl. The fourth-order valence-corrected chi connectivity index (χ4v) is 2.24. The monoisotopic (exact) mass is 314 g/mol. The molecule has 2 N–H and O–H groups in total. The third-order valence-electron chi connectivity index (χ3n) is 3.35. The predicted octanol–water partition coefficient (Wildman–Crippen LogP) is 1.42. The third-order valence-corrected chi connectivity index (χ3v) is 3.35. The zero-order valence-corrected chi connectivity index (χ0v) is 13.3. The molecule has 1 heterocycles. The summed E-state index contributed by atoms with van der Waals surface area (Å²) < 4.78 is 10.7. The lowest BCUT2D eigenvalue weighted by Crippen LogP contribution is -2.44. The Hall–Kier alpha value is -1.30. The van der Waals surface area contributed by atoms with Gasteiger partial charge in [-0.1, -0.05) is 12.1 Å². The smallest absolute Gasteiger partial charge is 0.221 e. The molecule has 1 amide bonds. The summed E-state index contributed by atoms with van der Waals surface area (Å²) in [5, 5.41) is 6.19. The van der Waals surface area contributed by atoms with Crippen molar-refractivity contribution in [3.05, 3.63) is 29.3 Å². The molecule has 118 valence electrons. The minimum atomic E-state index is 0. The molecule has 1 aromatic carbocycles. The summed E-state index contributed by atoms with van der Waals surface area (Å²) in [6, 6.07) is 6.08. The molecule has 2 rings (SSSR count). The van der Waals surface area contributed by atoms with Crippen LogP contribution in [0, 0.1) is 6.92 Å². The highest BCUT2D eigenvalue weighted by molar-refractivity contribution is 5.85. The number of halogens is 1. The van der Waals surface area contributed by atoms with Crippen LogP contribution in [0.1, 0.15) is 17.5 Å². The van der Waals surface area contributed by atoms with Crippen LogP contribution in [0.4, 0.5) is 0 Å². The van der Waals surface area contributed by atoms with Gasteiger partial charge in [-0.2, -0.15) is 0 Å². The topological polar surface area (TPSA) is 59.6 Å². The van der Waals surface area contributed by atoms with Crippen LogP contribution in [0.3, 0.4) is 0 Å². The normalized spacial score (nSPS) is 17.7. The molecule has 1 unspecified atom stereocenters. The molecule has 0 aromatic heterocycles. The number of carbonyl (C=O) groups excluding carboxylic acids is 1. The summed E-state index contributed by atoms with van der Waals surface area (Å²) in [5.74, 6) is 0.833. The van der Waals surface area contributed by atoms with E-state index < -0.39 is 0 Å². The van der Waals surface area contributed by atoms with Gasteiger partial charge in [-0.3, -0.25) is 4.79 Å². The Morgan fingerprint density at radius 1 is 1.52 bits per heavy atom. The second-order valence-corrected chi connectivity index (χ2v) is 5.02. The number of morpholine rings is 1. The van der Waals surface area contributed by atoms with E-state index in [-0.39, 0.29) is 24.4 Å². The fourth-order valence-electron chi connectivity index (χ4n) is 2.24. The molecule has 0 radical (unpaired) electrons. The van der Waals surface area contributed by atoms with Gasteiger partial charge in [0.15, 0.2) is 0 Å². The number of aryl methyl sites for hydroxylation is 1. The highest BCUT2D eigenvalue weighted by Gasteiger charge is 2.16. The second kappa shape index (κ2) is 8.87. The van der Waals surface area contributed by atoms with Crippen LogP contribution < -0.4 is 15.4 Å². The van der Waals surface area contributed by atoms with Gasteiger partial charge < -0.3 is 20.1 Å². The molecule has 21 heavy (non-hydrogen) atoms. The minimum absolute atomic E-state index is 0. The highest BCUT2D eigenvalue weighted by atomic mass is 35.5. The van der Waals surface area contributed by atoms with Gasteiger partial charge in [0.2, 0.25) is 5.91 Å². The van der Waals surface area contributed by atoms with Crippen molar-refractivity contribution < 1.29 is 14.3 Å². The van der Waals surface area contributed by atoms with Gasteiger partial charge >= 0.3 is 0 Å². The molecule has 1 saturated heterocycles. The molecule has 1 atom stereocenters. The van der Waals surface area contributed by atoms with Crippen molar-refractivity contribution in [3.63, 3.8) is 0 Å². The van der Waals surface area contributed by atoms with Gasteiger partial charge in [0, 0.05) is 31.1 Å². The molecular weight excluding hydrogens is 292 g/mol. The molecule has 5 nitrogen and oxygen atoms in total. The molecule has 1 aliphatic heterocycles. The predicted molar refractivity (Wildman–Crippen MR) is 84.1 cm³/mol. The molecule has 0 spiro atoms. The summed E-state index contributed by atoms with van der Waals surface area (Å²) in [6.45, 7) is 4.62. The Kier molecular flexibility index (Phi) is 7.50. The standard InChI is InChI=1S/C15H22N2O3.ClH/c1-11-3-4-12(14(7-11)19-2)9-17-15(18)8-13-10-20-6-5-16-13;/h3-4,7,13,16H,5-6,8-10H2,1-2H3,(H,17,18);1H. The number of methoxy groups -OCH3 is 1. The largest absolute Gasteiger partial charge is 0.496 e. The van der Waals surface area contributed by atoms with Crippen LogP contribution in [-0.4, -0.2) is 38.8 Å². The van der Waals surface area contributed by atoms with E-state index in [1.54, 1.807) is 7.11 Å². The van der Waals surface area contributed by atoms with Crippen LogP contribution >= 0.6 is 12.4 Å². The maximum atomic E-state index is 11.9. The summed E-state index contributed by atoms with van der Waals surface area (Å²) in [6.07, 6.45) is 0.439. The first-order valence-electron chi connectivity index (χ1n) is 6.90. The van der Waals surface area contributed by atoms with Gasteiger partial charge in [-0.15, -0.1) is 12.4 Å². The van der Waals surface area contributed by atoms with Crippen LogP contribution in [0.15, 0.2) is 18.2 Å². The molecular formula is C15H23ClN2O3. The molecule has 6 heteroatoms. The number of benzene rings is 1. The Labute approximate surface area is 131 Å². The fraction of sp³-hybridized carbons (Fsp3) is 0.533. The van der Waals surface area contributed by atoms with E-state index >= 15 is 0 Å². The Bertz CT molecular complexity index is 462. The van der Waals surface area contributed by atoms with Gasteiger partial charge in [0.05, 0.1) is 20.3 Å². The lowest BCUT2D eigenvalue weighted by atomic mass is 10.1. The molecule has 1 aromatic rings. The number of hydrogen-bond donors (Lipinski definition) is 2. The van der Waals surface area contributed by atoms with Gasteiger partial charge in [0.1, 0.15) is 5.75 Å². The first kappa shape index (κ1) is 17.8. The highest BCUT2D eigenvalue weighted by Crippen LogP contribution is 2.19. The summed E-state index contributed by atoms with van der Waals surface area (Å²) >= 11 is 0. The van der Waals surface area contributed by atoms with E-state index in [9.17, 15) is 4.79 Å². The van der Waals surface area contributed by atoms with Gasteiger partial charge in [-0.25, -0.2) is 0 Å². The minimum Gasteiger partial charge on any atom is -0.496 e. The number of rotatable bonds is 5. The number of amides is 1. The van der Waals surface area contributed by atoms with Crippen molar-refractivity contribution in [3.8, 4) is 5.75 Å². The summed E-state index contributed by atoms with van der Waals surface area (Å²) in [7, 11) is 1.64. The zero-order chi connectivity index (χ0) is 14.4. The Morgan fingerprint density at radius 2 is 2.33 bits per heavy atom. The average Bonchev–Trinajstić information content (AvgIpc) is 2.47. The molecule has 0 saturated carbocycles. The van der Waals surface area contributed by atoms with Crippen molar-refractivity contribution in [2.45, 2.75) is 25.9 Å². The summed E-state index contributed by atoms with van der Waals surface area (Å²) in [4.78, 5) is 11.9. The lowest BCUT2D eigenvalue weighted by Gasteiger charge is -2.23. The van der Waals surface area contributed by atoms with Crippen LogP contribution in [0.5, 0.6) is 5.75 Å². The maximum Gasteiger partial charge on any atom is 0.221 e. The van der Waals surface area contributed by atoms with E-state index in [1.165, 1.54) is 0 Å². The third kappa shape index (κ3) is 5.53. The average molecular weight is 315 g/mol. The second-order valence-electron chi connectivity index (χ2n) is 5.02. The van der Waals surface area contributed by atoms with E-state index in [2.05, 4.69) is 10.6 Å². The van der Waals surface area contributed by atoms with Crippen molar-refractivity contribution in [2.75, 3.05) is 26.9 Å². The van der Waals surface area contributed by atoms with Gasteiger partial charge in [-0.05, 0) is 18.6 Å². The van der Waals surface area contributed by atoms with Crippen molar-refractivity contribution >= 4 is 18.3 Å². The van der Waals surface area contributed by atoms with E-state index in [0.29, 0.717) is 19.6 Å². The van der Waals surface area contributed by atoms with Crippen LogP contribution in [-0.2, 0) is 16.1 Å². The van der Waals surface area contributed by atoms with Crippen molar-refractivity contribution in [1.29, 1.82) is 0 Å². The lowest BCUT2D eigenvalue weighted by molar-refractivity contribution is -0.122. The number of nitrogens with one attached hydrogen (secondary N) is 2. The number of hydrogen-bond acceptors (Lipinski definition) is 4. The van der Waals surface area contributed by atoms with Crippen molar-refractivity contribution in [2.24, 2.45) is 0 Å². The Balaban J connectivity index is 0.00000220. The maximum absolute atomic E-state index is 11.9. The molecule has 1 aliphatic rings. The van der Waals surface area contributed by atoms with E-state index in [4.69, 9.17) is 9.47 Å². The summed E-state index contributed by atoms with van der Waals surface area (Å²) in [5.41, 5.74) is 2.12. The first-order valence-corrected chi connectivity index (χ1v) is 6.90. The molecule has 0 aliphatic carbocycles. The van der Waals surface area contributed by atoms with Crippen molar-refractivity contribution in [1.82, 2.24) is 10.6 Å². The van der Waals surface area contributed by atoms with Crippen LogP contribution in [0.25, 0.3) is 0 Å². The Morgan fingerprint density at radius 3 is 3.00 bits per heavy atom. The van der Waals surface area contributed by atoms with E-state index in [0.717, 1.165) is 30.0 Å². The van der Waals surface area contributed by atoms with Crippen LogP contribution in [0.2, 0.25) is 0 Å². The van der Waals surface area contributed by atoms with Gasteiger partial charge in [0.25, 0.3) is 0 Å². The quantitative estimate of drug-likeness (QED) is 0.863. The number of carbonyl (C=O) groups is 1. The molecule has 1 fully saturated rings. The zero-order valence-electron chi connectivity index (χ0n) is 12.5. The first-order chi connectivity index (χ1) is 9.69. The van der Waals surface area contributed by atoms with E-state index in [1.807, 2.05) is 25.1 Å². The number of ether oxygens (including phenoxy) is 2.